The fourth-order valence-corrected chi connectivity index (χ4v) is 5.62. The van der Waals surface area contributed by atoms with Crippen molar-refractivity contribution in [3.05, 3.63) is 34.2 Å². The normalized spacial score (nSPS) is 16.9. The smallest absolute Gasteiger partial charge is 0.373 e. The summed E-state index contributed by atoms with van der Waals surface area (Å²) in [5.74, 6) is 0.577. The van der Waals surface area contributed by atoms with Crippen LogP contribution in [0.3, 0.4) is 0 Å². The van der Waals surface area contributed by atoms with E-state index in [2.05, 4.69) is 32.2 Å². The Bertz CT molecular complexity index is 1050. The van der Waals surface area contributed by atoms with E-state index in [-0.39, 0.29) is 17.5 Å². The van der Waals surface area contributed by atoms with Gasteiger partial charge in [0.05, 0.1) is 16.3 Å². The van der Waals surface area contributed by atoms with Crippen molar-refractivity contribution in [2.75, 3.05) is 0 Å². The molecule has 2 fully saturated rings. The minimum atomic E-state index is -1.05. The molecule has 4 rings (SSSR count). The molecule has 7 nitrogen and oxygen atoms in total. The number of nitrogens with one attached hydrogen (secondary N) is 1. The molecule has 2 aromatic heterocycles. The van der Waals surface area contributed by atoms with Crippen molar-refractivity contribution in [1.29, 1.82) is 0 Å². The van der Waals surface area contributed by atoms with Crippen molar-refractivity contribution in [2.24, 2.45) is 5.92 Å². The number of aromatic nitrogens is 2. The molecular weight excluding hydrogens is 474 g/mol. The molecule has 0 unspecified atom stereocenters. The maximum absolute atomic E-state index is 13.0. The van der Waals surface area contributed by atoms with Crippen LogP contribution in [0.5, 0.6) is 0 Å². The number of hydrogen-bond acceptors (Lipinski definition) is 7. The van der Waals surface area contributed by atoms with Gasteiger partial charge in [-0.1, -0.05) is 52.9 Å². The number of nitrogens with zero attached hydrogens (tertiary/aromatic N) is 2. The van der Waals surface area contributed by atoms with Crippen LogP contribution in [-0.2, 0) is 27.0 Å². The molecule has 2 N–H and O–H groups in total. The van der Waals surface area contributed by atoms with Crippen LogP contribution in [0, 0.1) is 5.92 Å². The summed E-state index contributed by atoms with van der Waals surface area (Å²) in [7, 11) is 0. The third-order valence-electron chi connectivity index (χ3n) is 7.02. The molecule has 36 heavy (non-hydrogen) atoms. The highest BCUT2D eigenvalue weighted by Crippen LogP contribution is 2.38. The highest BCUT2D eigenvalue weighted by Gasteiger charge is 2.28. The second-order valence-electron chi connectivity index (χ2n) is 11.6. The van der Waals surface area contributed by atoms with E-state index in [1.165, 1.54) is 49.9 Å². The van der Waals surface area contributed by atoms with E-state index >= 15 is 0 Å². The zero-order valence-corrected chi connectivity index (χ0v) is 23.0. The Hall–Kier alpha value is -2.41. The fraction of sp³-hybridized carbons (Fsp3) is 0.643. The zero-order chi connectivity index (χ0) is 26.5. The molecule has 2 aliphatic carbocycles. The van der Waals surface area contributed by atoms with Crippen molar-refractivity contribution in [1.82, 2.24) is 15.3 Å². The van der Waals surface area contributed by atoms with Crippen LogP contribution in [0.2, 0.25) is 0 Å². The number of aliphatic hydroxyl groups is 1. The molecule has 2 heterocycles. The minimum absolute atomic E-state index is 0.0475. The summed E-state index contributed by atoms with van der Waals surface area (Å²) < 4.78 is 0. The van der Waals surface area contributed by atoms with Crippen LogP contribution in [-0.4, -0.2) is 33.2 Å². The Kier molecular flexibility index (Phi) is 9.20. The number of carbonyl (C=O) groups is 1. The van der Waals surface area contributed by atoms with Gasteiger partial charge in [0.25, 0.3) is 5.91 Å². The van der Waals surface area contributed by atoms with E-state index in [0.717, 1.165) is 41.1 Å². The number of hydrogen-bond donors (Lipinski definition) is 2. The third-order valence-corrected chi connectivity index (χ3v) is 8.17. The lowest BCUT2D eigenvalue weighted by Crippen LogP contribution is -2.39. The molecule has 0 aromatic carbocycles. The summed E-state index contributed by atoms with van der Waals surface area (Å²) in [6.45, 7) is 9.97. The second kappa shape index (κ2) is 11.8. The molecule has 0 saturated heterocycles. The van der Waals surface area contributed by atoms with E-state index in [0.29, 0.717) is 22.7 Å². The Morgan fingerprint density at radius 2 is 1.61 bits per heavy atom. The topological polar surface area (TPSA) is 109 Å². The van der Waals surface area contributed by atoms with Gasteiger partial charge in [-0.2, -0.15) is 9.59 Å². The average molecular weight is 514 g/mol. The molecule has 8 heteroatoms. The number of rotatable bonds is 6. The molecule has 2 aromatic rings. The molecule has 0 spiro atoms. The molecule has 0 aliphatic heterocycles. The first kappa shape index (κ1) is 28.2. The van der Waals surface area contributed by atoms with Gasteiger partial charge in [0.1, 0.15) is 5.60 Å². The zero-order valence-electron chi connectivity index (χ0n) is 22.1. The van der Waals surface area contributed by atoms with Gasteiger partial charge in [-0.25, -0.2) is 4.98 Å². The summed E-state index contributed by atoms with van der Waals surface area (Å²) in [4.78, 5) is 40.0. The van der Waals surface area contributed by atoms with Crippen LogP contribution in [0.4, 0.5) is 0 Å². The first-order valence-corrected chi connectivity index (χ1v) is 13.8. The highest BCUT2D eigenvalue weighted by atomic mass is 32.1. The minimum Gasteiger partial charge on any atom is -0.384 e. The first-order valence-electron chi connectivity index (χ1n) is 13.0. The SMILES string of the molecule is CC(C)(C)c1cc(-c2sc(C(=O)NC3CCC3)nc2CC2CCCCC2)cc(C(C)(C)O)n1.O=C=O. The Labute approximate surface area is 218 Å². The predicted molar refractivity (Wildman–Crippen MR) is 140 cm³/mol. The summed E-state index contributed by atoms with van der Waals surface area (Å²) in [5, 5.41) is 14.5. The van der Waals surface area contributed by atoms with Gasteiger partial charge in [-0.3, -0.25) is 9.78 Å². The van der Waals surface area contributed by atoms with E-state index in [1.54, 1.807) is 13.8 Å². The molecule has 0 radical (unpaired) electrons. The molecule has 2 aliphatic rings. The van der Waals surface area contributed by atoms with E-state index in [1.807, 2.05) is 6.07 Å². The van der Waals surface area contributed by atoms with Gasteiger partial charge >= 0.3 is 6.15 Å². The quantitative estimate of drug-likeness (QED) is 0.524. The Balaban J connectivity index is 0.00000115. The summed E-state index contributed by atoms with van der Waals surface area (Å²) in [6, 6.07) is 4.41. The lowest BCUT2D eigenvalue weighted by Gasteiger charge is -2.25. The lowest BCUT2D eigenvalue weighted by atomic mass is 9.85. The summed E-state index contributed by atoms with van der Waals surface area (Å²) >= 11 is 1.49. The number of carbonyl (C=O) groups excluding carboxylic acids is 3. The fourth-order valence-electron chi connectivity index (χ4n) is 4.64. The van der Waals surface area contributed by atoms with E-state index < -0.39 is 5.60 Å². The van der Waals surface area contributed by atoms with Gasteiger partial charge in [-0.15, -0.1) is 11.3 Å². The molecule has 2 saturated carbocycles. The van der Waals surface area contributed by atoms with Crippen molar-refractivity contribution in [3.8, 4) is 10.4 Å². The monoisotopic (exact) mass is 513 g/mol. The van der Waals surface area contributed by atoms with Gasteiger partial charge < -0.3 is 10.4 Å². The van der Waals surface area contributed by atoms with Crippen LogP contribution in [0.15, 0.2) is 12.1 Å². The predicted octanol–water partition coefficient (Wildman–Crippen LogP) is 5.55. The summed E-state index contributed by atoms with van der Waals surface area (Å²) in [5.41, 5.74) is 2.43. The van der Waals surface area contributed by atoms with Crippen LogP contribution >= 0.6 is 11.3 Å². The number of pyridine rings is 1. The Morgan fingerprint density at radius 3 is 2.14 bits per heavy atom. The molecule has 1 amide bonds. The standard InChI is InChI=1S/C27H39N3O2S.CO2/c1-26(2,3)21-15-18(16-22(30-21)27(4,5)32)23-20(14-17-10-7-6-8-11-17)29-25(33-23)24(31)28-19-12-9-13-19;2-1-3/h15-17,19,32H,6-14H2,1-5H3,(H,28,31);. The van der Waals surface area contributed by atoms with Gasteiger partial charge in [0, 0.05) is 17.2 Å². The van der Waals surface area contributed by atoms with Gasteiger partial charge in [0.15, 0.2) is 5.01 Å². The lowest BCUT2D eigenvalue weighted by molar-refractivity contribution is -0.191. The van der Waals surface area contributed by atoms with Crippen LogP contribution in [0.25, 0.3) is 10.4 Å². The van der Waals surface area contributed by atoms with Crippen molar-refractivity contribution in [2.45, 2.75) is 109 Å². The maximum Gasteiger partial charge on any atom is 0.373 e. The number of amides is 1. The molecule has 196 valence electrons. The highest BCUT2D eigenvalue weighted by molar-refractivity contribution is 7.17. The van der Waals surface area contributed by atoms with Crippen LogP contribution < -0.4 is 5.32 Å². The summed E-state index contributed by atoms with van der Waals surface area (Å²) in [6.07, 6.45) is 10.8. The third kappa shape index (κ3) is 7.31. The van der Waals surface area contributed by atoms with Gasteiger partial charge in [-0.05, 0) is 63.1 Å². The average Bonchev–Trinajstić information content (AvgIpc) is 3.20. The van der Waals surface area contributed by atoms with Crippen LogP contribution in [0.1, 0.15) is 113 Å². The van der Waals surface area contributed by atoms with E-state index in [9.17, 15) is 9.90 Å². The maximum atomic E-state index is 13.0. The van der Waals surface area contributed by atoms with Crippen molar-refractivity contribution < 1.29 is 19.5 Å². The van der Waals surface area contributed by atoms with Gasteiger partial charge in [0.2, 0.25) is 0 Å². The molecule has 0 atom stereocenters. The molecular formula is C28H39N3O4S. The first-order chi connectivity index (χ1) is 16.9. The van der Waals surface area contributed by atoms with Crippen molar-refractivity contribution >= 4 is 23.4 Å². The van der Waals surface area contributed by atoms with Crippen molar-refractivity contribution in [3.63, 3.8) is 0 Å². The number of thiazole rings is 1. The van der Waals surface area contributed by atoms with E-state index in [4.69, 9.17) is 19.6 Å². The second-order valence-corrected chi connectivity index (χ2v) is 12.6. The molecule has 0 bridgehead atoms. The largest absolute Gasteiger partial charge is 0.384 e. The Morgan fingerprint density at radius 1 is 1.00 bits per heavy atom.